The number of ether oxygens (including phenoxy) is 3. The van der Waals surface area contributed by atoms with Gasteiger partial charge in [0.25, 0.3) is 0 Å². The molecule has 3 N–H and O–H groups in total. The highest BCUT2D eigenvalue weighted by Gasteiger charge is 2.38. The lowest BCUT2D eigenvalue weighted by molar-refractivity contribution is -0.239. The molecule has 8 heteroatoms. The van der Waals surface area contributed by atoms with Crippen LogP contribution in [0.2, 0.25) is 0 Å². The van der Waals surface area contributed by atoms with Gasteiger partial charge in [-0.3, -0.25) is 9.59 Å². The molecule has 4 aromatic rings. The van der Waals surface area contributed by atoms with Gasteiger partial charge >= 0.3 is 11.9 Å². The van der Waals surface area contributed by atoms with Crippen LogP contribution in [0.4, 0.5) is 0 Å². The van der Waals surface area contributed by atoms with E-state index in [1.807, 2.05) is 60.9 Å². The fourth-order valence-corrected chi connectivity index (χ4v) is 4.60. The number of fused-ring (bicyclic) bond motifs is 2. The minimum Gasteiger partial charge on any atom is -0.458 e. The summed E-state index contributed by atoms with van der Waals surface area (Å²) in [5, 5.41) is 12.4. The first-order chi connectivity index (χ1) is 17.1. The molecule has 0 aliphatic carbocycles. The van der Waals surface area contributed by atoms with Crippen LogP contribution in [0.15, 0.2) is 60.9 Å². The molecule has 1 unspecified atom stereocenters. The maximum Gasteiger partial charge on any atom is 0.306 e. The van der Waals surface area contributed by atoms with Crippen molar-refractivity contribution >= 4 is 33.7 Å². The SMILES string of the molecule is O=C(CCc1c[nH]c2ccccc12)O[C@H]1CCOC(O)[C@@H]1OC(=O)CCc1c[nH]c2ccccc12. The van der Waals surface area contributed by atoms with Crippen molar-refractivity contribution in [3.63, 3.8) is 0 Å². The number of H-pyrrole nitrogens is 2. The van der Waals surface area contributed by atoms with Crippen LogP contribution in [0.3, 0.4) is 0 Å². The minimum absolute atomic E-state index is 0.131. The number of aromatic nitrogens is 2. The van der Waals surface area contributed by atoms with E-state index in [1.165, 1.54) is 0 Å². The van der Waals surface area contributed by atoms with Gasteiger partial charge in [-0.05, 0) is 36.1 Å². The van der Waals surface area contributed by atoms with Crippen molar-refractivity contribution in [1.82, 2.24) is 9.97 Å². The summed E-state index contributed by atoms with van der Waals surface area (Å²) in [5.74, 6) is -0.890. The van der Waals surface area contributed by atoms with Gasteiger partial charge in [-0.15, -0.1) is 0 Å². The topological polar surface area (TPSA) is 114 Å². The molecule has 1 saturated heterocycles. The minimum atomic E-state index is -1.34. The van der Waals surface area contributed by atoms with Crippen LogP contribution >= 0.6 is 0 Å². The van der Waals surface area contributed by atoms with Crippen molar-refractivity contribution in [3.05, 3.63) is 72.1 Å². The number of aliphatic hydroxyl groups is 1. The van der Waals surface area contributed by atoms with Gasteiger partial charge in [-0.1, -0.05) is 36.4 Å². The number of aryl methyl sites for hydroxylation is 2. The molecule has 0 spiro atoms. The average Bonchev–Trinajstić information content (AvgIpc) is 3.48. The van der Waals surface area contributed by atoms with Gasteiger partial charge in [0.1, 0.15) is 6.10 Å². The van der Waals surface area contributed by atoms with Crippen LogP contribution in [0.1, 0.15) is 30.4 Å². The molecule has 2 aromatic carbocycles. The maximum atomic E-state index is 12.6. The predicted molar refractivity (Wildman–Crippen MR) is 130 cm³/mol. The van der Waals surface area contributed by atoms with E-state index in [0.717, 1.165) is 32.9 Å². The Balaban J connectivity index is 1.16. The van der Waals surface area contributed by atoms with Crippen molar-refractivity contribution in [2.24, 2.45) is 0 Å². The Kier molecular flexibility index (Phi) is 6.83. The van der Waals surface area contributed by atoms with Crippen LogP contribution in [0.5, 0.6) is 0 Å². The predicted octanol–water partition coefficient (Wildman–Crippen LogP) is 3.78. The zero-order chi connectivity index (χ0) is 24.2. The summed E-state index contributed by atoms with van der Waals surface area (Å²) < 4.78 is 16.4. The van der Waals surface area contributed by atoms with Crippen LogP contribution in [-0.4, -0.2) is 52.1 Å². The van der Waals surface area contributed by atoms with Crippen molar-refractivity contribution in [2.45, 2.75) is 50.6 Å². The number of aliphatic hydroxyl groups excluding tert-OH is 1. The molecular formula is C27H28N2O6. The number of aromatic amines is 2. The molecule has 3 heterocycles. The van der Waals surface area contributed by atoms with E-state index in [-0.39, 0.29) is 19.4 Å². The highest BCUT2D eigenvalue weighted by Crippen LogP contribution is 2.24. The Bertz CT molecular complexity index is 1330. The highest BCUT2D eigenvalue weighted by atomic mass is 16.7. The summed E-state index contributed by atoms with van der Waals surface area (Å²) in [5.41, 5.74) is 4.07. The second kappa shape index (κ2) is 10.3. The summed E-state index contributed by atoms with van der Waals surface area (Å²) >= 11 is 0. The summed E-state index contributed by atoms with van der Waals surface area (Å²) in [6.07, 6.45) is 2.28. The average molecular weight is 477 g/mol. The number of esters is 2. The third kappa shape index (κ3) is 5.23. The summed E-state index contributed by atoms with van der Waals surface area (Å²) in [6, 6.07) is 15.8. The van der Waals surface area contributed by atoms with Crippen LogP contribution < -0.4 is 0 Å². The van der Waals surface area contributed by atoms with Crippen molar-refractivity contribution < 1.29 is 28.9 Å². The Morgan fingerprint density at radius 3 is 2.00 bits per heavy atom. The Labute approximate surface area is 202 Å². The van der Waals surface area contributed by atoms with E-state index in [0.29, 0.717) is 19.3 Å². The first kappa shape index (κ1) is 23.1. The monoisotopic (exact) mass is 476 g/mol. The smallest absolute Gasteiger partial charge is 0.306 e. The fraction of sp³-hybridized carbons (Fsp3) is 0.333. The Morgan fingerprint density at radius 2 is 1.40 bits per heavy atom. The second-order valence-corrected chi connectivity index (χ2v) is 8.75. The molecule has 5 rings (SSSR count). The van der Waals surface area contributed by atoms with Crippen LogP contribution in [-0.2, 0) is 36.6 Å². The van der Waals surface area contributed by atoms with Gasteiger partial charge in [-0.25, -0.2) is 0 Å². The standard InChI is InChI=1S/C27H28N2O6/c30-24(11-9-17-15-28-21-7-3-1-5-19(17)21)34-23-13-14-33-27(32)26(23)35-25(31)12-10-18-16-29-22-8-4-2-6-20(18)22/h1-8,15-16,23,26-29,32H,9-14H2/t23-,26+,27?/m0/s1. The number of rotatable bonds is 8. The molecule has 3 atom stereocenters. The van der Waals surface area contributed by atoms with Crippen LogP contribution in [0.25, 0.3) is 21.8 Å². The molecule has 1 fully saturated rings. The molecule has 35 heavy (non-hydrogen) atoms. The quantitative estimate of drug-likeness (QED) is 0.334. The molecule has 0 radical (unpaired) electrons. The van der Waals surface area contributed by atoms with Gasteiger partial charge in [0, 0.05) is 53.5 Å². The number of benzene rings is 2. The van der Waals surface area contributed by atoms with Gasteiger partial charge < -0.3 is 29.3 Å². The van der Waals surface area contributed by atoms with Crippen molar-refractivity contribution in [2.75, 3.05) is 6.61 Å². The van der Waals surface area contributed by atoms with E-state index < -0.39 is 30.4 Å². The van der Waals surface area contributed by atoms with Crippen molar-refractivity contribution in [1.29, 1.82) is 0 Å². The molecular weight excluding hydrogens is 448 g/mol. The zero-order valence-corrected chi connectivity index (χ0v) is 19.2. The Morgan fingerprint density at radius 1 is 0.857 bits per heavy atom. The molecule has 0 amide bonds. The summed E-state index contributed by atoms with van der Waals surface area (Å²) in [6.45, 7) is 0.213. The number of carbonyl (C=O) groups is 2. The third-order valence-electron chi connectivity index (χ3n) is 6.44. The maximum absolute atomic E-state index is 12.6. The summed E-state index contributed by atoms with van der Waals surface area (Å²) in [4.78, 5) is 31.6. The molecule has 182 valence electrons. The summed E-state index contributed by atoms with van der Waals surface area (Å²) in [7, 11) is 0. The highest BCUT2D eigenvalue weighted by molar-refractivity contribution is 5.84. The van der Waals surface area contributed by atoms with Gasteiger partial charge in [0.15, 0.2) is 12.4 Å². The lowest BCUT2D eigenvalue weighted by atomic mass is 10.1. The van der Waals surface area contributed by atoms with Gasteiger partial charge in [0.05, 0.1) is 6.61 Å². The van der Waals surface area contributed by atoms with Gasteiger partial charge in [-0.2, -0.15) is 0 Å². The molecule has 2 aromatic heterocycles. The van der Waals surface area contributed by atoms with Crippen LogP contribution in [0, 0.1) is 0 Å². The lowest BCUT2D eigenvalue weighted by Gasteiger charge is -2.34. The van der Waals surface area contributed by atoms with E-state index in [2.05, 4.69) is 9.97 Å². The number of nitrogens with one attached hydrogen (secondary N) is 2. The number of carbonyl (C=O) groups excluding carboxylic acids is 2. The number of hydrogen-bond acceptors (Lipinski definition) is 6. The van der Waals surface area contributed by atoms with Crippen molar-refractivity contribution in [3.8, 4) is 0 Å². The number of para-hydroxylation sites is 2. The molecule has 0 saturated carbocycles. The zero-order valence-electron chi connectivity index (χ0n) is 19.2. The van der Waals surface area contributed by atoms with E-state index in [1.54, 1.807) is 0 Å². The lowest BCUT2D eigenvalue weighted by Crippen LogP contribution is -2.49. The second-order valence-electron chi connectivity index (χ2n) is 8.75. The fourth-order valence-electron chi connectivity index (χ4n) is 4.60. The molecule has 1 aliphatic rings. The first-order valence-electron chi connectivity index (χ1n) is 11.9. The van der Waals surface area contributed by atoms with E-state index in [9.17, 15) is 14.7 Å². The first-order valence-corrected chi connectivity index (χ1v) is 11.9. The molecule has 1 aliphatic heterocycles. The molecule has 8 nitrogen and oxygen atoms in total. The van der Waals surface area contributed by atoms with Gasteiger partial charge in [0.2, 0.25) is 0 Å². The Hall–Kier alpha value is -3.62. The molecule has 0 bridgehead atoms. The van der Waals surface area contributed by atoms with E-state index in [4.69, 9.17) is 14.2 Å². The third-order valence-corrected chi connectivity index (χ3v) is 6.44. The normalized spacial score (nSPS) is 20.2. The number of hydrogen-bond donors (Lipinski definition) is 3. The van der Waals surface area contributed by atoms with E-state index >= 15 is 0 Å². The largest absolute Gasteiger partial charge is 0.458 e.